The van der Waals surface area contributed by atoms with Crippen molar-refractivity contribution >= 4 is 0 Å². The summed E-state index contributed by atoms with van der Waals surface area (Å²) in [6.07, 6.45) is 0. The van der Waals surface area contributed by atoms with Crippen molar-refractivity contribution in [3.63, 3.8) is 0 Å². The molecule has 14 N–H and O–H groups in total. The van der Waals surface area contributed by atoms with E-state index in [1.165, 1.54) is 0 Å². The van der Waals surface area contributed by atoms with Crippen LogP contribution >= 0.6 is 0 Å². The zero-order chi connectivity index (χ0) is 16.9. The molecule has 0 saturated heterocycles. The Kier molecular flexibility index (Phi) is 224. The fraction of sp³-hybridized carbons (Fsp3) is 0.583. The number of rotatable bonds is 3. The SMILES string of the molecule is C=C.C=C.NCCN.NCCN.NCCN.[CH2]CN. The molecule has 7 nitrogen and oxygen atoms in total. The summed E-state index contributed by atoms with van der Waals surface area (Å²) in [5.74, 6) is 0. The lowest BCUT2D eigenvalue weighted by Gasteiger charge is -1.72. The zero-order valence-corrected chi connectivity index (χ0v) is 12.5. The molecule has 0 rings (SSSR count). The topological polar surface area (TPSA) is 182 Å². The molecule has 0 aliphatic carbocycles. The average molecular weight is 280 g/mol. The predicted octanol–water partition coefficient (Wildman–Crippen LogP) is -1.91. The number of hydrogen-bond donors (Lipinski definition) is 7. The van der Waals surface area contributed by atoms with Gasteiger partial charge in [-0.2, -0.15) is 0 Å². The highest BCUT2D eigenvalue weighted by Gasteiger charge is 1.55. The molecule has 0 unspecified atom stereocenters. The van der Waals surface area contributed by atoms with Crippen molar-refractivity contribution in [3.05, 3.63) is 33.2 Å². The lowest BCUT2D eigenvalue weighted by Crippen LogP contribution is -2.11. The molecule has 0 aliphatic heterocycles. The molecule has 0 saturated carbocycles. The van der Waals surface area contributed by atoms with Crippen molar-refractivity contribution in [1.82, 2.24) is 0 Å². The molecule has 1 radical (unpaired) electrons. The van der Waals surface area contributed by atoms with E-state index in [1.807, 2.05) is 0 Å². The largest absolute Gasteiger partial charge is 0.330 e. The Morgan fingerprint density at radius 2 is 0.474 bits per heavy atom. The first-order chi connectivity index (χ1) is 9.16. The summed E-state index contributed by atoms with van der Waals surface area (Å²) in [4.78, 5) is 0. The molecule has 0 aliphatic rings. The molecular weight excluding hydrogens is 242 g/mol. The molecular formula is C12H38N7. The fourth-order valence-corrected chi connectivity index (χ4v) is 0. The standard InChI is InChI=1S/3C2H8N2.C2H6N.2C2H4/c3*3-1-2-4;1-2-3;2*1-2/h3*1-4H2;1-3H2;2*1-2H2. The Hall–Kier alpha value is -0.800. The molecule has 0 amide bonds. The number of hydrogen-bond acceptors (Lipinski definition) is 7. The maximum Gasteiger partial charge on any atom is 0.00461 e. The van der Waals surface area contributed by atoms with E-state index < -0.39 is 0 Å². The summed E-state index contributed by atoms with van der Waals surface area (Å²) in [7, 11) is 0. The summed E-state index contributed by atoms with van der Waals surface area (Å²) >= 11 is 0. The second-order valence-corrected chi connectivity index (χ2v) is 2.02. The average Bonchev–Trinajstić information content (AvgIpc) is 2.52. The summed E-state index contributed by atoms with van der Waals surface area (Å²) in [6.45, 7) is 19.3. The molecule has 0 heterocycles. The second kappa shape index (κ2) is 117. The van der Waals surface area contributed by atoms with Gasteiger partial charge in [-0.25, -0.2) is 0 Å². The summed E-state index contributed by atoms with van der Waals surface area (Å²) < 4.78 is 0. The predicted molar refractivity (Wildman–Crippen MR) is 91.2 cm³/mol. The van der Waals surface area contributed by atoms with Crippen LogP contribution in [0.5, 0.6) is 0 Å². The lowest BCUT2D eigenvalue weighted by atomic mass is 10.7. The van der Waals surface area contributed by atoms with Gasteiger partial charge in [0.15, 0.2) is 0 Å². The summed E-state index contributed by atoms with van der Waals surface area (Å²) in [5.41, 5.74) is 34.2. The van der Waals surface area contributed by atoms with Gasteiger partial charge in [-0.1, -0.05) is 0 Å². The van der Waals surface area contributed by atoms with Crippen LogP contribution in [-0.4, -0.2) is 45.8 Å². The monoisotopic (exact) mass is 280 g/mol. The van der Waals surface area contributed by atoms with Crippen LogP contribution in [-0.2, 0) is 0 Å². The Labute approximate surface area is 120 Å². The highest BCUT2D eigenvalue weighted by Crippen LogP contribution is 1.25. The van der Waals surface area contributed by atoms with Crippen LogP contribution in [0.15, 0.2) is 26.3 Å². The Morgan fingerprint density at radius 1 is 0.421 bits per heavy atom. The Morgan fingerprint density at radius 3 is 0.474 bits per heavy atom. The van der Waals surface area contributed by atoms with Gasteiger partial charge in [0, 0.05) is 39.3 Å². The van der Waals surface area contributed by atoms with Gasteiger partial charge in [0.25, 0.3) is 0 Å². The Balaban J connectivity index is -0.0000000274. The van der Waals surface area contributed by atoms with Crippen molar-refractivity contribution < 1.29 is 0 Å². The molecule has 0 spiro atoms. The van der Waals surface area contributed by atoms with E-state index in [4.69, 9.17) is 40.1 Å². The maximum atomic E-state index is 4.90. The van der Waals surface area contributed by atoms with Gasteiger partial charge in [0.2, 0.25) is 0 Å². The molecule has 0 aromatic heterocycles. The van der Waals surface area contributed by atoms with Crippen molar-refractivity contribution in [2.45, 2.75) is 0 Å². The van der Waals surface area contributed by atoms with Crippen molar-refractivity contribution in [2.75, 3.05) is 45.8 Å². The van der Waals surface area contributed by atoms with E-state index in [0.29, 0.717) is 45.8 Å². The van der Waals surface area contributed by atoms with Gasteiger partial charge in [-0.05, 0) is 13.5 Å². The van der Waals surface area contributed by atoms with E-state index in [9.17, 15) is 0 Å². The molecule has 0 bridgehead atoms. The van der Waals surface area contributed by atoms with E-state index in [1.54, 1.807) is 0 Å². The first-order valence-corrected chi connectivity index (χ1v) is 5.86. The van der Waals surface area contributed by atoms with Crippen LogP contribution in [0.1, 0.15) is 0 Å². The number of nitrogens with two attached hydrogens (primary N) is 7. The van der Waals surface area contributed by atoms with Gasteiger partial charge in [0.1, 0.15) is 0 Å². The van der Waals surface area contributed by atoms with Crippen molar-refractivity contribution in [3.8, 4) is 0 Å². The van der Waals surface area contributed by atoms with Gasteiger partial charge >= 0.3 is 0 Å². The van der Waals surface area contributed by atoms with E-state index in [-0.39, 0.29) is 0 Å². The minimum absolute atomic E-state index is 0.500. The van der Waals surface area contributed by atoms with Crippen LogP contribution in [0.4, 0.5) is 0 Å². The maximum absolute atomic E-state index is 4.90. The first kappa shape index (κ1) is 36.2. The molecule has 0 aromatic carbocycles. The quantitative estimate of drug-likeness (QED) is 0.294. The molecule has 0 aromatic rings. The molecule has 0 fully saturated rings. The molecule has 121 valence electrons. The van der Waals surface area contributed by atoms with Crippen LogP contribution in [0.25, 0.3) is 0 Å². The van der Waals surface area contributed by atoms with Crippen LogP contribution in [0, 0.1) is 6.92 Å². The van der Waals surface area contributed by atoms with Gasteiger partial charge in [-0.3, -0.25) is 0 Å². The van der Waals surface area contributed by atoms with E-state index in [0.717, 1.165) is 0 Å². The van der Waals surface area contributed by atoms with Crippen LogP contribution < -0.4 is 40.1 Å². The molecule has 19 heavy (non-hydrogen) atoms. The molecule has 0 atom stereocenters. The van der Waals surface area contributed by atoms with E-state index in [2.05, 4.69) is 33.2 Å². The third-order valence-corrected chi connectivity index (χ3v) is 0.500. The van der Waals surface area contributed by atoms with Crippen molar-refractivity contribution in [1.29, 1.82) is 0 Å². The highest BCUT2D eigenvalue weighted by atomic mass is 14.6. The third kappa shape index (κ3) is 821. The normalized spacial score (nSPS) is 6.11. The third-order valence-electron chi connectivity index (χ3n) is 0.500. The smallest absolute Gasteiger partial charge is 0.00461 e. The zero-order valence-electron chi connectivity index (χ0n) is 12.5. The van der Waals surface area contributed by atoms with Crippen molar-refractivity contribution in [2.24, 2.45) is 40.1 Å². The summed E-state index contributed by atoms with van der Waals surface area (Å²) in [5, 5.41) is 0. The van der Waals surface area contributed by atoms with Gasteiger partial charge < -0.3 is 40.1 Å². The first-order valence-electron chi connectivity index (χ1n) is 5.86. The fourth-order valence-electron chi connectivity index (χ4n) is 0. The highest BCUT2D eigenvalue weighted by molar-refractivity contribution is 4.27. The Bertz CT molecular complexity index is 57.6. The minimum Gasteiger partial charge on any atom is -0.330 e. The second-order valence-electron chi connectivity index (χ2n) is 2.02. The summed E-state index contributed by atoms with van der Waals surface area (Å²) in [6, 6.07) is 0. The van der Waals surface area contributed by atoms with Gasteiger partial charge in [-0.15, -0.1) is 26.3 Å². The molecule has 7 heteroatoms. The lowest BCUT2D eigenvalue weighted by molar-refractivity contribution is 0.976. The van der Waals surface area contributed by atoms with Crippen LogP contribution in [0.2, 0.25) is 0 Å². The van der Waals surface area contributed by atoms with Gasteiger partial charge in [0.05, 0.1) is 0 Å². The van der Waals surface area contributed by atoms with Crippen LogP contribution in [0.3, 0.4) is 0 Å². The van der Waals surface area contributed by atoms with E-state index >= 15 is 0 Å². The minimum atomic E-state index is 0.500.